The number of carbonyl (C=O) groups excluding carboxylic acids is 1. The van der Waals surface area contributed by atoms with Gasteiger partial charge in [-0.2, -0.15) is 0 Å². The maximum atomic E-state index is 11.6. The minimum absolute atomic E-state index is 0.0220. The Balaban J connectivity index is 3.89. The van der Waals surface area contributed by atoms with Crippen LogP contribution in [0.5, 0.6) is 0 Å². The SMILES string of the molecule is COCCCC(=O)N(CCO)C(C)C. The number of methoxy groups -OCH3 is 1. The number of aliphatic hydroxyl groups excluding tert-OH is 1. The molecule has 0 aliphatic rings. The molecule has 0 rings (SSSR count). The van der Waals surface area contributed by atoms with E-state index in [0.717, 1.165) is 6.42 Å². The summed E-state index contributed by atoms with van der Waals surface area (Å²) in [5.74, 6) is 0.0890. The molecule has 0 aliphatic heterocycles. The van der Waals surface area contributed by atoms with Crippen LogP contribution in [0.4, 0.5) is 0 Å². The van der Waals surface area contributed by atoms with Crippen LogP contribution in [0.3, 0.4) is 0 Å². The smallest absolute Gasteiger partial charge is 0.222 e. The van der Waals surface area contributed by atoms with Crippen LogP contribution in [0.2, 0.25) is 0 Å². The van der Waals surface area contributed by atoms with E-state index in [-0.39, 0.29) is 18.6 Å². The highest BCUT2D eigenvalue weighted by molar-refractivity contribution is 5.76. The number of hydrogen-bond acceptors (Lipinski definition) is 3. The van der Waals surface area contributed by atoms with E-state index in [0.29, 0.717) is 19.6 Å². The average molecular weight is 203 g/mol. The van der Waals surface area contributed by atoms with Crippen molar-refractivity contribution in [2.75, 3.05) is 26.9 Å². The van der Waals surface area contributed by atoms with Crippen LogP contribution < -0.4 is 0 Å². The average Bonchev–Trinajstić information content (AvgIpc) is 2.13. The lowest BCUT2D eigenvalue weighted by Crippen LogP contribution is -2.38. The fourth-order valence-corrected chi connectivity index (χ4v) is 1.29. The topological polar surface area (TPSA) is 49.8 Å². The second-order valence-electron chi connectivity index (χ2n) is 3.50. The van der Waals surface area contributed by atoms with Crippen LogP contribution in [-0.2, 0) is 9.53 Å². The molecule has 0 aliphatic carbocycles. The number of ether oxygens (including phenoxy) is 1. The van der Waals surface area contributed by atoms with Crippen molar-refractivity contribution in [3.05, 3.63) is 0 Å². The van der Waals surface area contributed by atoms with Crippen LogP contribution in [0.25, 0.3) is 0 Å². The molecule has 0 aromatic carbocycles. The van der Waals surface area contributed by atoms with E-state index in [1.807, 2.05) is 13.8 Å². The van der Waals surface area contributed by atoms with Crippen molar-refractivity contribution in [3.8, 4) is 0 Å². The molecule has 0 radical (unpaired) electrons. The Labute approximate surface area is 85.9 Å². The molecule has 1 N–H and O–H groups in total. The zero-order valence-corrected chi connectivity index (χ0v) is 9.32. The molecule has 4 nitrogen and oxygen atoms in total. The Morgan fingerprint density at radius 2 is 2.14 bits per heavy atom. The van der Waals surface area contributed by atoms with Gasteiger partial charge in [-0.3, -0.25) is 4.79 Å². The van der Waals surface area contributed by atoms with Gasteiger partial charge in [-0.15, -0.1) is 0 Å². The third-order valence-electron chi connectivity index (χ3n) is 2.02. The summed E-state index contributed by atoms with van der Waals surface area (Å²) in [7, 11) is 1.62. The molecule has 0 unspecified atom stereocenters. The number of nitrogens with zero attached hydrogens (tertiary/aromatic N) is 1. The molecule has 0 aromatic heterocycles. The predicted molar refractivity (Wildman–Crippen MR) is 55.0 cm³/mol. The zero-order chi connectivity index (χ0) is 11.0. The molecule has 0 atom stereocenters. The number of amides is 1. The van der Waals surface area contributed by atoms with E-state index in [1.165, 1.54) is 0 Å². The highest BCUT2D eigenvalue weighted by Crippen LogP contribution is 2.03. The Morgan fingerprint density at radius 3 is 2.57 bits per heavy atom. The van der Waals surface area contributed by atoms with Crippen LogP contribution in [0.15, 0.2) is 0 Å². The van der Waals surface area contributed by atoms with Crippen LogP contribution in [-0.4, -0.2) is 48.8 Å². The van der Waals surface area contributed by atoms with E-state index < -0.39 is 0 Å². The number of carbonyl (C=O) groups is 1. The van der Waals surface area contributed by atoms with E-state index in [1.54, 1.807) is 12.0 Å². The van der Waals surface area contributed by atoms with Crippen molar-refractivity contribution in [2.45, 2.75) is 32.7 Å². The molecular weight excluding hydrogens is 182 g/mol. The molecular formula is C10H21NO3. The normalized spacial score (nSPS) is 10.6. The summed E-state index contributed by atoms with van der Waals surface area (Å²) in [6.45, 7) is 4.95. The first-order chi connectivity index (χ1) is 6.63. The van der Waals surface area contributed by atoms with Gasteiger partial charge in [0, 0.05) is 32.7 Å². The number of hydrogen-bond donors (Lipinski definition) is 1. The summed E-state index contributed by atoms with van der Waals surface area (Å²) < 4.78 is 4.87. The van der Waals surface area contributed by atoms with Crippen molar-refractivity contribution in [1.29, 1.82) is 0 Å². The molecule has 0 fully saturated rings. The van der Waals surface area contributed by atoms with Gasteiger partial charge in [-0.05, 0) is 20.3 Å². The standard InChI is InChI=1S/C10H21NO3/c1-9(2)11(6-7-12)10(13)5-4-8-14-3/h9,12H,4-8H2,1-3H3. The maximum Gasteiger partial charge on any atom is 0.222 e. The minimum atomic E-state index is 0.0220. The van der Waals surface area contributed by atoms with Crippen molar-refractivity contribution in [3.63, 3.8) is 0 Å². The molecule has 0 aromatic rings. The summed E-state index contributed by atoms with van der Waals surface area (Å²) in [5.41, 5.74) is 0. The molecule has 0 saturated heterocycles. The summed E-state index contributed by atoms with van der Waals surface area (Å²) in [4.78, 5) is 13.3. The van der Waals surface area contributed by atoms with Gasteiger partial charge >= 0.3 is 0 Å². The predicted octanol–water partition coefficient (Wildman–Crippen LogP) is 0.642. The Bertz CT molecular complexity index is 159. The number of aliphatic hydroxyl groups is 1. The Kier molecular flexibility index (Phi) is 7.42. The van der Waals surface area contributed by atoms with Gasteiger partial charge in [-0.1, -0.05) is 0 Å². The molecule has 0 saturated carbocycles. The molecule has 0 heterocycles. The minimum Gasteiger partial charge on any atom is -0.395 e. The molecule has 84 valence electrons. The highest BCUT2D eigenvalue weighted by atomic mass is 16.5. The van der Waals surface area contributed by atoms with E-state index >= 15 is 0 Å². The maximum absolute atomic E-state index is 11.6. The first-order valence-electron chi connectivity index (χ1n) is 5.02. The van der Waals surface area contributed by atoms with Crippen molar-refractivity contribution in [2.24, 2.45) is 0 Å². The lowest BCUT2D eigenvalue weighted by Gasteiger charge is -2.25. The van der Waals surface area contributed by atoms with Crippen molar-refractivity contribution >= 4 is 5.91 Å². The first kappa shape index (κ1) is 13.4. The Morgan fingerprint density at radius 1 is 1.50 bits per heavy atom. The summed E-state index contributed by atoms with van der Waals surface area (Å²) in [6, 6.07) is 0.150. The van der Waals surface area contributed by atoms with Crippen molar-refractivity contribution in [1.82, 2.24) is 4.90 Å². The second-order valence-corrected chi connectivity index (χ2v) is 3.50. The van der Waals surface area contributed by atoms with Gasteiger partial charge in [0.25, 0.3) is 0 Å². The molecule has 1 amide bonds. The molecule has 4 heteroatoms. The molecule has 0 bridgehead atoms. The lowest BCUT2D eigenvalue weighted by atomic mass is 10.2. The summed E-state index contributed by atoms with van der Waals surface area (Å²) in [6.07, 6.45) is 1.23. The third kappa shape index (κ3) is 5.19. The first-order valence-corrected chi connectivity index (χ1v) is 5.02. The number of rotatable bonds is 7. The monoisotopic (exact) mass is 203 g/mol. The van der Waals surface area contributed by atoms with Gasteiger partial charge in [-0.25, -0.2) is 0 Å². The lowest BCUT2D eigenvalue weighted by molar-refractivity contribution is -0.133. The molecule has 14 heavy (non-hydrogen) atoms. The van der Waals surface area contributed by atoms with Crippen molar-refractivity contribution < 1.29 is 14.6 Å². The zero-order valence-electron chi connectivity index (χ0n) is 9.32. The quantitative estimate of drug-likeness (QED) is 0.618. The van der Waals surface area contributed by atoms with E-state index in [2.05, 4.69) is 0 Å². The van der Waals surface area contributed by atoms with Crippen LogP contribution in [0, 0.1) is 0 Å². The largest absolute Gasteiger partial charge is 0.395 e. The second kappa shape index (κ2) is 7.76. The third-order valence-corrected chi connectivity index (χ3v) is 2.02. The van der Waals surface area contributed by atoms with Crippen LogP contribution >= 0.6 is 0 Å². The fraction of sp³-hybridized carbons (Fsp3) is 0.900. The van der Waals surface area contributed by atoms with Gasteiger partial charge < -0.3 is 14.7 Å². The van der Waals surface area contributed by atoms with Gasteiger partial charge in [0.15, 0.2) is 0 Å². The highest BCUT2D eigenvalue weighted by Gasteiger charge is 2.15. The molecule has 0 spiro atoms. The summed E-state index contributed by atoms with van der Waals surface area (Å²) in [5, 5.41) is 8.79. The Hall–Kier alpha value is -0.610. The van der Waals surface area contributed by atoms with Gasteiger partial charge in [0.1, 0.15) is 0 Å². The van der Waals surface area contributed by atoms with E-state index in [9.17, 15) is 4.79 Å². The van der Waals surface area contributed by atoms with Crippen LogP contribution in [0.1, 0.15) is 26.7 Å². The van der Waals surface area contributed by atoms with Gasteiger partial charge in [0.2, 0.25) is 5.91 Å². The fourth-order valence-electron chi connectivity index (χ4n) is 1.29. The van der Waals surface area contributed by atoms with Gasteiger partial charge in [0.05, 0.1) is 6.61 Å². The van der Waals surface area contributed by atoms with E-state index in [4.69, 9.17) is 9.84 Å². The summed E-state index contributed by atoms with van der Waals surface area (Å²) >= 11 is 0.